The molecule has 1 aliphatic heterocycles. The molecule has 6 heteroatoms. The Bertz CT molecular complexity index is 391. The summed E-state index contributed by atoms with van der Waals surface area (Å²) >= 11 is 0. The lowest BCUT2D eigenvalue weighted by molar-refractivity contribution is 0.0256. The van der Waals surface area contributed by atoms with Crippen molar-refractivity contribution in [3.63, 3.8) is 0 Å². The van der Waals surface area contributed by atoms with Crippen LogP contribution in [0.1, 0.15) is 53.9 Å². The van der Waals surface area contributed by atoms with Crippen molar-refractivity contribution in [1.29, 1.82) is 0 Å². The van der Waals surface area contributed by atoms with E-state index in [-0.39, 0.29) is 24.2 Å². The predicted molar refractivity (Wildman–Crippen MR) is 86.9 cm³/mol. The molecule has 1 rings (SSSR count). The van der Waals surface area contributed by atoms with Gasteiger partial charge >= 0.3 is 12.1 Å². The Hall–Kier alpha value is -1.46. The predicted octanol–water partition coefficient (Wildman–Crippen LogP) is 2.83. The highest BCUT2D eigenvalue weighted by atomic mass is 16.6. The average molecular weight is 313 g/mol. The largest absolute Gasteiger partial charge is 0.444 e. The molecule has 1 N–H and O–H groups in total. The Morgan fingerprint density at radius 1 is 1.23 bits per heavy atom. The molecule has 1 heterocycles. The number of amides is 3. The van der Waals surface area contributed by atoms with Crippen LogP contribution in [0.3, 0.4) is 0 Å². The van der Waals surface area contributed by atoms with Crippen LogP contribution in [0.25, 0.3) is 0 Å². The zero-order chi connectivity index (χ0) is 16.9. The molecule has 1 saturated heterocycles. The van der Waals surface area contributed by atoms with Gasteiger partial charge in [-0.15, -0.1) is 0 Å². The summed E-state index contributed by atoms with van der Waals surface area (Å²) in [6.45, 7) is 10.9. The summed E-state index contributed by atoms with van der Waals surface area (Å²) in [7, 11) is 1.80. The second-order valence-corrected chi connectivity index (χ2v) is 7.25. The maximum absolute atomic E-state index is 12.1. The van der Waals surface area contributed by atoms with Gasteiger partial charge in [-0.05, 0) is 53.9 Å². The van der Waals surface area contributed by atoms with Crippen molar-refractivity contribution in [1.82, 2.24) is 15.1 Å². The first-order chi connectivity index (χ1) is 10.1. The number of carbonyl (C=O) groups excluding carboxylic acids is 2. The van der Waals surface area contributed by atoms with Gasteiger partial charge in [0.1, 0.15) is 5.60 Å². The minimum atomic E-state index is -0.475. The van der Waals surface area contributed by atoms with Crippen LogP contribution in [-0.4, -0.2) is 59.7 Å². The van der Waals surface area contributed by atoms with Gasteiger partial charge in [0.05, 0.1) is 0 Å². The third-order valence-corrected chi connectivity index (χ3v) is 3.80. The quantitative estimate of drug-likeness (QED) is 0.852. The van der Waals surface area contributed by atoms with Gasteiger partial charge in [0.25, 0.3) is 0 Å². The smallest absolute Gasteiger partial charge is 0.410 e. The van der Waals surface area contributed by atoms with Crippen LogP contribution in [0.5, 0.6) is 0 Å². The lowest BCUT2D eigenvalue weighted by Crippen LogP contribution is -2.46. The molecule has 22 heavy (non-hydrogen) atoms. The van der Waals surface area contributed by atoms with E-state index in [1.165, 1.54) is 0 Å². The van der Waals surface area contributed by atoms with Crippen molar-refractivity contribution in [2.45, 2.75) is 71.6 Å². The molecule has 0 aromatic heterocycles. The maximum Gasteiger partial charge on any atom is 0.410 e. The minimum absolute atomic E-state index is 0.0503. The minimum Gasteiger partial charge on any atom is -0.444 e. The van der Waals surface area contributed by atoms with E-state index in [0.29, 0.717) is 13.1 Å². The van der Waals surface area contributed by atoms with Gasteiger partial charge in [-0.3, -0.25) is 0 Å². The SMILES string of the molecule is CC(C)N(C)C(=O)NC1CCCN(C(=O)OC(C)(C)C)CC1. The zero-order valence-electron chi connectivity index (χ0n) is 14.8. The molecule has 0 aliphatic carbocycles. The second kappa shape index (κ2) is 7.70. The third kappa shape index (κ3) is 6.12. The van der Waals surface area contributed by atoms with Crippen LogP contribution in [-0.2, 0) is 4.74 Å². The topological polar surface area (TPSA) is 61.9 Å². The van der Waals surface area contributed by atoms with E-state index in [2.05, 4.69) is 5.32 Å². The van der Waals surface area contributed by atoms with Gasteiger partial charge in [0.2, 0.25) is 0 Å². The lowest BCUT2D eigenvalue weighted by Gasteiger charge is -2.27. The monoisotopic (exact) mass is 313 g/mol. The number of hydrogen-bond acceptors (Lipinski definition) is 3. The Labute approximate surface area is 134 Å². The van der Waals surface area contributed by atoms with E-state index in [9.17, 15) is 9.59 Å². The van der Waals surface area contributed by atoms with Gasteiger partial charge in [0.15, 0.2) is 0 Å². The summed E-state index contributed by atoms with van der Waals surface area (Å²) in [6.07, 6.45) is 2.25. The molecular weight excluding hydrogens is 282 g/mol. The van der Waals surface area contributed by atoms with Crippen LogP contribution in [0, 0.1) is 0 Å². The molecule has 0 saturated carbocycles. The fourth-order valence-electron chi connectivity index (χ4n) is 2.26. The first-order valence-corrected chi connectivity index (χ1v) is 8.11. The highest BCUT2D eigenvalue weighted by Crippen LogP contribution is 2.15. The summed E-state index contributed by atoms with van der Waals surface area (Å²) in [5.74, 6) is 0. The molecule has 0 aromatic carbocycles. The van der Waals surface area contributed by atoms with Crippen LogP contribution in [0.2, 0.25) is 0 Å². The van der Waals surface area contributed by atoms with E-state index in [4.69, 9.17) is 4.74 Å². The number of hydrogen-bond donors (Lipinski definition) is 1. The fourth-order valence-corrected chi connectivity index (χ4v) is 2.26. The maximum atomic E-state index is 12.1. The number of rotatable bonds is 2. The van der Waals surface area contributed by atoms with Gasteiger partial charge in [-0.2, -0.15) is 0 Å². The van der Waals surface area contributed by atoms with Crippen molar-refractivity contribution in [3.8, 4) is 0 Å². The van der Waals surface area contributed by atoms with Crippen LogP contribution in [0.15, 0.2) is 0 Å². The van der Waals surface area contributed by atoms with E-state index in [0.717, 1.165) is 19.3 Å². The van der Waals surface area contributed by atoms with Crippen LogP contribution < -0.4 is 5.32 Å². The normalized spacial score (nSPS) is 19.6. The molecule has 0 radical (unpaired) electrons. The first kappa shape index (κ1) is 18.6. The van der Waals surface area contributed by atoms with Crippen molar-refractivity contribution < 1.29 is 14.3 Å². The Morgan fingerprint density at radius 2 is 1.86 bits per heavy atom. The van der Waals surface area contributed by atoms with Crippen LogP contribution in [0.4, 0.5) is 9.59 Å². The molecule has 1 unspecified atom stereocenters. The number of urea groups is 1. The Kier molecular flexibility index (Phi) is 6.50. The van der Waals surface area contributed by atoms with E-state index in [1.807, 2.05) is 34.6 Å². The van der Waals surface area contributed by atoms with Gasteiger partial charge in [0, 0.05) is 32.2 Å². The van der Waals surface area contributed by atoms with Gasteiger partial charge in [-0.25, -0.2) is 9.59 Å². The summed E-state index contributed by atoms with van der Waals surface area (Å²) in [4.78, 5) is 27.6. The number of nitrogens with zero attached hydrogens (tertiary/aromatic N) is 2. The summed E-state index contributed by atoms with van der Waals surface area (Å²) in [6, 6.07) is 0.232. The number of ether oxygens (including phenoxy) is 1. The molecule has 6 nitrogen and oxygen atoms in total. The Balaban J connectivity index is 2.49. The Morgan fingerprint density at radius 3 is 2.41 bits per heavy atom. The molecular formula is C16H31N3O3. The van der Waals surface area contributed by atoms with E-state index >= 15 is 0 Å². The summed E-state index contributed by atoms with van der Waals surface area (Å²) in [5, 5.41) is 3.06. The van der Waals surface area contributed by atoms with Crippen molar-refractivity contribution in [3.05, 3.63) is 0 Å². The lowest BCUT2D eigenvalue weighted by atomic mass is 10.1. The number of likely N-dealkylation sites (tertiary alicyclic amines) is 1. The molecule has 3 amide bonds. The zero-order valence-corrected chi connectivity index (χ0v) is 14.8. The summed E-state index contributed by atoms with van der Waals surface area (Å²) < 4.78 is 5.41. The molecule has 1 atom stereocenters. The number of nitrogens with one attached hydrogen (secondary N) is 1. The van der Waals surface area contributed by atoms with Crippen LogP contribution >= 0.6 is 0 Å². The third-order valence-electron chi connectivity index (χ3n) is 3.80. The fraction of sp³-hybridized carbons (Fsp3) is 0.875. The average Bonchev–Trinajstić information content (AvgIpc) is 2.61. The summed E-state index contributed by atoms with van der Waals surface area (Å²) in [5.41, 5.74) is -0.475. The standard InChI is InChI=1S/C16H31N3O3/c1-12(2)18(6)14(20)17-13-8-7-10-19(11-9-13)15(21)22-16(3,4)5/h12-13H,7-11H2,1-6H3,(H,17,20). The molecule has 128 valence electrons. The molecule has 0 aromatic rings. The van der Waals surface area contributed by atoms with E-state index in [1.54, 1.807) is 16.8 Å². The highest BCUT2D eigenvalue weighted by Gasteiger charge is 2.26. The van der Waals surface area contributed by atoms with Crippen molar-refractivity contribution >= 4 is 12.1 Å². The molecule has 0 spiro atoms. The second-order valence-electron chi connectivity index (χ2n) is 7.25. The molecule has 1 fully saturated rings. The van der Waals surface area contributed by atoms with Crippen molar-refractivity contribution in [2.75, 3.05) is 20.1 Å². The van der Waals surface area contributed by atoms with Gasteiger partial charge < -0.3 is 19.9 Å². The van der Waals surface area contributed by atoms with E-state index < -0.39 is 5.60 Å². The molecule has 0 bridgehead atoms. The molecule has 1 aliphatic rings. The number of carbonyl (C=O) groups is 2. The van der Waals surface area contributed by atoms with Crippen molar-refractivity contribution in [2.24, 2.45) is 0 Å². The van der Waals surface area contributed by atoms with Gasteiger partial charge in [-0.1, -0.05) is 0 Å². The first-order valence-electron chi connectivity index (χ1n) is 8.11. The highest BCUT2D eigenvalue weighted by molar-refractivity contribution is 5.74.